The zero-order valence-corrected chi connectivity index (χ0v) is 14.0. The Hall–Kier alpha value is -3.41. The highest BCUT2D eigenvalue weighted by Crippen LogP contribution is 2.32. The van der Waals surface area contributed by atoms with E-state index in [9.17, 15) is 4.79 Å². The molecular formula is C20H17N5O. The topological polar surface area (TPSA) is 77.7 Å². The van der Waals surface area contributed by atoms with Gasteiger partial charge in [0.2, 0.25) is 0 Å². The third kappa shape index (κ3) is 2.30. The maximum absolute atomic E-state index is 13.2. The molecule has 1 unspecified atom stereocenters. The lowest BCUT2D eigenvalue weighted by molar-refractivity contribution is 0.0718. The first-order valence-electron chi connectivity index (χ1n) is 8.61. The summed E-state index contributed by atoms with van der Waals surface area (Å²) in [5.41, 5.74) is 4.50. The van der Waals surface area contributed by atoms with E-state index in [1.165, 1.54) is 0 Å². The molecule has 5 rings (SSSR count). The van der Waals surface area contributed by atoms with E-state index in [4.69, 9.17) is 0 Å². The van der Waals surface area contributed by atoms with E-state index >= 15 is 0 Å². The van der Waals surface area contributed by atoms with Crippen molar-refractivity contribution in [3.63, 3.8) is 0 Å². The van der Waals surface area contributed by atoms with Gasteiger partial charge in [-0.1, -0.05) is 48.5 Å². The van der Waals surface area contributed by atoms with Crippen LogP contribution in [0, 0.1) is 0 Å². The third-order valence-electron chi connectivity index (χ3n) is 5.00. The van der Waals surface area contributed by atoms with E-state index < -0.39 is 0 Å². The summed E-state index contributed by atoms with van der Waals surface area (Å²) in [4.78, 5) is 22.7. The molecule has 0 spiro atoms. The Morgan fingerprint density at radius 3 is 2.77 bits per heavy atom. The summed E-state index contributed by atoms with van der Waals surface area (Å²) in [6.07, 6.45) is 1.71. The number of carbonyl (C=O) groups is 1. The zero-order chi connectivity index (χ0) is 17.5. The van der Waals surface area contributed by atoms with Crippen LogP contribution in [0.15, 0.2) is 60.9 Å². The molecule has 1 amide bonds. The summed E-state index contributed by atoms with van der Waals surface area (Å²) in [7, 11) is 0. The van der Waals surface area contributed by atoms with Crippen LogP contribution >= 0.6 is 0 Å². The first-order valence-corrected chi connectivity index (χ1v) is 8.61. The molecule has 6 heteroatoms. The Morgan fingerprint density at radius 2 is 1.88 bits per heavy atom. The van der Waals surface area contributed by atoms with Gasteiger partial charge in [0.25, 0.3) is 5.91 Å². The molecule has 2 aromatic carbocycles. The molecule has 1 atom stereocenters. The number of imidazole rings is 1. The molecule has 1 aliphatic heterocycles. The van der Waals surface area contributed by atoms with Gasteiger partial charge in [-0.15, -0.1) is 0 Å². The molecule has 3 heterocycles. The molecule has 1 aliphatic rings. The van der Waals surface area contributed by atoms with E-state index in [2.05, 4.69) is 32.3 Å². The van der Waals surface area contributed by atoms with Crippen molar-refractivity contribution in [1.82, 2.24) is 25.1 Å². The van der Waals surface area contributed by atoms with Crippen molar-refractivity contribution >= 4 is 16.8 Å². The smallest absolute Gasteiger partial charge is 0.275 e. The molecular weight excluding hydrogens is 326 g/mol. The van der Waals surface area contributed by atoms with Gasteiger partial charge in [0, 0.05) is 17.8 Å². The molecule has 2 N–H and O–H groups in total. The Bertz CT molecular complexity index is 1080. The van der Waals surface area contributed by atoms with Crippen LogP contribution in [0.1, 0.15) is 33.4 Å². The molecule has 0 saturated carbocycles. The van der Waals surface area contributed by atoms with Gasteiger partial charge in [0.15, 0.2) is 5.69 Å². The second kappa shape index (κ2) is 5.84. The predicted molar refractivity (Wildman–Crippen MR) is 97.7 cm³/mol. The minimum atomic E-state index is -0.0661. The van der Waals surface area contributed by atoms with Gasteiger partial charge < -0.3 is 9.88 Å². The number of benzene rings is 2. The quantitative estimate of drug-likeness (QED) is 0.587. The highest BCUT2D eigenvalue weighted by atomic mass is 16.2. The highest BCUT2D eigenvalue weighted by molar-refractivity contribution is 6.04. The van der Waals surface area contributed by atoms with Crippen LogP contribution in [-0.2, 0) is 6.54 Å². The molecule has 0 saturated heterocycles. The van der Waals surface area contributed by atoms with Gasteiger partial charge in [0.05, 0.1) is 29.8 Å². The number of aromatic nitrogens is 4. The summed E-state index contributed by atoms with van der Waals surface area (Å²) in [6, 6.07) is 17.9. The molecule has 0 fully saturated rings. The van der Waals surface area contributed by atoms with Crippen molar-refractivity contribution < 1.29 is 4.79 Å². The van der Waals surface area contributed by atoms with Crippen molar-refractivity contribution in [3.8, 4) is 0 Å². The summed E-state index contributed by atoms with van der Waals surface area (Å²) in [5, 5.41) is 8.07. The van der Waals surface area contributed by atoms with Crippen LogP contribution < -0.4 is 0 Å². The first kappa shape index (κ1) is 14.9. The van der Waals surface area contributed by atoms with E-state index in [0.29, 0.717) is 18.8 Å². The molecule has 4 aromatic rings. The van der Waals surface area contributed by atoms with E-state index in [1.807, 2.05) is 47.4 Å². The number of hydrogen-bond acceptors (Lipinski definition) is 3. The van der Waals surface area contributed by atoms with Gasteiger partial charge in [0.1, 0.15) is 0 Å². The van der Waals surface area contributed by atoms with Gasteiger partial charge in [-0.3, -0.25) is 9.89 Å². The number of rotatable bonds is 2. The SMILES string of the molecule is O=C(c1n[nH]c2ccccc12)N1Cc2[nH]cnc2C(c2ccccc2)C1. The Labute approximate surface area is 149 Å². The van der Waals surface area contributed by atoms with E-state index in [1.54, 1.807) is 6.33 Å². The van der Waals surface area contributed by atoms with E-state index in [0.717, 1.165) is 27.9 Å². The van der Waals surface area contributed by atoms with Crippen LogP contribution in [0.5, 0.6) is 0 Å². The Balaban J connectivity index is 1.53. The van der Waals surface area contributed by atoms with Crippen molar-refractivity contribution in [2.24, 2.45) is 0 Å². The van der Waals surface area contributed by atoms with Gasteiger partial charge in [-0.05, 0) is 11.6 Å². The predicted octanol–water partition coefficient (Wildman–Crippen LogP) is 3.07. The van der Waals surface area contributed by atoms with Gasteiger partial charge >= 0.3 is 0 Å². The number of nitrogens with one attached hydrogen (secondary N) is 2. The molecule has 26 heavy (non-hydrogen) atoms. The Morgan fingerprint density at radius 1 is 1.08 bits per heavy atom. The van der Waals surface area contributed by atoms with Crippen LogP contribution in [0.3, 0.4) is 0 Å². The average molecular weight is 343 g/mol. The maximum Gasteiger partial charge on any atom is 0.275 e. The molecule has 2 aromatic heterocycles. The van der Waals surface area contributed by atoms with Gasteiger partial charge in [-0.25, -0.2) is 4.98 Å². The molecule has 6 nitrogen and oxygen atoms in total. The first-order chi connectivity index (χ1) is 12.8. The largest absolute Gasteiger partial charge is 0.347 e. The Kier molecular flexibility index (Phi) is 3.35. The number of H-pyrrole nitrogens is 2. The van der Waals surface area contributed by atoms with Crippen molar-refractivity contribution in [2.45, 2.75) is 12.5 Å². The highest BCUT2D eigenvalue weighted by Gasteiger charge is 2.32. The second-order valence-corrected chi connectivity index (χ2v) is 6.53. The molecule has 0 bridgehead atoms. The lowest BCUT2D eigenvalue weighted by Gasteiger charge is -2.32. The fraction of sp³-hybridized carbons (Fsp3) is 0.150. The molecule has 128 valence electrons. The standard InChI is InChI=1S/C20H17N5O/c26-20(19-14-8-4-5-9-16(14)23-24-19)25-10-15(13-6-2-1-3-7-13)18-17(11-25)21-12-22-18/h1-9,12,15H,10-11H2,(H,21,22)(H,23,24). The third-order valence-corrected chi connectivity index (χ3v) is 5.00. The van der Waals surface area contributed by atoms with Crippen LogP contribution in [0.2, 0.25) is 0 Å². The maximum atomic E-state index is 13.2. The number of aromatic amines is 2. The van der Waals surface area contributed by atoms with Crippen LogP contribution in [-0.4, -0.2) is 37.5 Å². The minimum absolute atomic E-state index is 0.0559. The molecule has 0 radical (unpaired) electrons. The summed E-state index contributed by atoms with van der Waals surface area (Å²) < 4.78 is 0. The van der Waals surface area contributed by atoms with Gasteiger partial charge in [-0.2, -0.15) is 5.10 Å². The number of fused-ring (bicyclic) bond motifs is 2. The number of carbonyl (C=O) groups excluding carboxylic acids is 1. The normalized spacial score (nSPS) is 16.6. The lowest BCUT2D eigenvalue weighted by atomic mass is 9.91. The van der Waals surface area contributed by atoms with Crippen LogP contribution in [0.4, 0.5) is 0 Å². The minimum Gasteiger partial charge on any atom is -0.347 e. The van der Waals surface area contributed by atoms with Crippen LogP contribution in [0.25, 0.3) is 10.9 Å². The van der Waals surface area contributed by atoms with Crippen molar-refractivity contribution in [3.05, 3.63) is 83.6 Å². The number of nitrogens with zero attached hydrogens (tertiary/aromatic N) is 3. The fourth-order valence-electron chi connectivity index (χ4n) is 3.70. The summed E-state index contributed by atoms with van der Waals surface area (Å²) in [6.45, 7) is 1.10. The van der Waals surface area contributed by atoms with Crippen molar-refractivity contribution in [2.75, 3.05) is 6.54 Å². The zero-order valence-electron chi connectivity index (χ0n) is 14.0. The average Bonchev–Trinajstić information content (AvgIpc) is 3.34. The van der Waals surface area contributed by atoms with Crippen molar-refractivity contribution in [1.29, 1.82) is 0 Å². The van der Waals surface area contributed by atoms with E-state index in [-0.39, 0.29) is 11.8 Å². The monoisotopic (exact) mass is 343 g/mol. The number of amides is 1. The fourth-order valence-corrected chi connectivity index (χ4v) is 3.70. The number of hydrogen-bond donors (Lipinski definition) is 2. The summed E-state index contributed by atoms with van der Waals surface area (Å²) >= 11 is 0. The summed E-state index contributed by atoms with van der Waals surface area (Å²) in [5.74, 6) is -0.0102. The molecule has 0 aliphatic carbocycles. The number of para-hydroxylation sites is 1. The second-order valence-electron chi connectivity index (χ2n) is 6.53. The lowest BCUT2D eigenvalue weighted by Crippen LogP contribution is -2.39.